The van der Waals surface area contributed by atoms with E-state index in [4.69, 9.17) is 9.84 Å². The Morgan fingerprint density at radius 1 is 1.35 bits per heavy atom. The fourth-order valence-corrected chi connectivity index (χ4v) is 1.96. The number of amides is 1. The van der Waals surface area contributed by atoms with E-state index in [9.17, 15) is 4.79 Å². The number of hydrogen-bond acceptors (Lipinski definition) is 3. The summed E-state index contributed by atoms with van der Waals surface area (Å²) in [6.45, 7) is 1.55. The lowest BCUT2D eigenvalue weighted by atomic mass is 10.2. The molecule has 1 atom stereocenters. The third-order valence-corrected chi connectivity index (χ3v) is 2.86. The van der Waals surface area contributed by atoms with Gasteiger partial charge in [0.05, 0.1) is 6.61 Å². The van der Waals surface area contributed by atoms with Gasteiger partial charge in [-0.2, -0.15) is 0 Å². The Hall–Kier alpha value is -1.39. The number of ether oxygens (including phenoxy) is 1. The lowest BCUT2D eigenvalue weighted by Gasteiger charge is -2.22. The predicted molar refractivity (Wildman–Crippen MR) is 63.3 cm³/mol. The first kappa shape index (κ1) is 12.1. The number of aliphatic hydroxyl groups excluding tert-OH is 1. The Balaban J connectivity index is 2.06. The van der Waals surface area contributed by atoms with Crippen LogP contribution in [0.2, 0.25) is 0 Å². The summed E-state index contributed by atoms with van der Waals surface area (Å²) in [6.07, 6.45) is 0.121. The number of carbonyl (C=O) groups is 1. The SMILES string of the molecule is O=C1C(CO)OCCCN1Cc1ccccc1. The van der Waals surface area contributed by atoms with Crippen molar-refractivity contribution in [3.8, 4) is 0 Å². The van der Waals surface area contributed by atoms with Crippen molar-refractivity contribution in [2.45, 2.75) is 19.1 Å². The number of aliphatic hydroxyl groups is 1. The quantitative estimate of drug-likeness (QED) is 0.843. The minimum atomic E-state index is -0.693. The standard InChI is InChI=1S/C13H17NO3/c15-10-12-13(16)14(7-4-8-17-12)9-11-5-2-1-3-6-11/h1-3,5-6,12,15H,4,7-10H2. The highest BCUT2D eigenvalue weighted by molar-refractivity contribution is 5.81. The fraction of sp³-hybridized carbons (Fsp3) is 0.462. The van der Waals surface area contributed by atoms with Crippen molar-refractivity contribution in [2.24, 2.45) is 0 Å². The zero-order valence-corrected chi connectivity index (χ0v) is 9.71. The highest BCUT2D eigenvalue weighted by atomic mass is 16.5. The molecule has 4 heteroatoms. The number of benzene rings is 1. The van der Waals surface area contributed by atoms with Gasteiger partial charge in [-0.05, 0) is 12.0 Å². The highest BCUT2D eigenvalue weighted by Gasteiger charge is 2.26. The molecule has 0 spiro atoms. The Bertz CT molecular complexity index is 366. The monoisotopic (exact) mass is 235 g/mol. The first-order valence-corrected chi connectivity index (χ1v) is 5.86. The topological polar surface area (TPSA) is 49.8 Å². The molecule has 1 saturated heterocycles. The van der Waals surface area contributed by atoms with Crippen LogP contribution in [0, 0.1) is 0 Å². The normalized spacial score (nSPS) is 21.4. The largest absolute Gasteiger partial charge is 0.393 e. The molecule has 1 aromatic rings. The Morgan fingerprint density at radius 3 is 2.82 bits per heavy atom. The first-order valence-electron chi connectivity index (χ1n) is 5.86. The summed E-state index contributed by atoms with van der Waals surface area (Å²) in [7, 11) is 0. The van der Waals surface area contributed by atoms with Crippen LogP contribution >= 0.6 is 0 Å². The van der Waals surface area contributed by atoms with Gasteiger partial charge in [-0.15, -0.1) is 0 Å². The van der Waals surface area contributed by atoms with Crippen LogP contribution in [0.1, 0.15) is 12.0 Å². The molecular formula is C13H17NO3. The van der Waals surface area contributed by atoms with E-state index in [1.54, 1.807) is 4.90 Å². The van der Waals surface area contributed by atoms with Crippen molar-refractivity contribution in [1.29, 1.82) is 0 Å². The molecule has 1 unspecified atom stereocenters. The summed E-state index contributed by atoms with van der Waals surface area (Å²) in [6, 6.07) is 9.85. The van der Waals surface area contributed by atoms with Crippen molar-refractivity contribution < 1.29 is 14.6 Å². The van der Waals surface area contributed by atoms with Crippen molar-refractivity contribution in [3.05, 3.63) is 35.9 Å². The van der Waals surface area contributed by atoms with Gasteiger partial charge in [0.1, 0.15) is 0 Å². The summed E-state index contributed by atoms with van der Waals surface area (Å²) in [5, 5.41) is 9.10. The van der Waals surface area contributed by atoms with Gasteiger partial charge in [0, 0.05) is 19.7 Å². The van der Waals surface area contributed by atoms with Gasteiger partial charge in [-0.3, -0.25) is 4.79 Å². The molecule has 1 N–H and O–H groups in total. The number of nitrogens with zero attached hydrogens (tertiary/aromatic N) is 1. The number of hydrogen-bond donors (Lipinski definition) is 1. The van der Waals surface area contributed by atoms with Gasteiger partial charge >= 0.3 is 0 Å². The number of rotatable bonds is 3. The molecule has 1 amide bonds. The van der Waals surface area contributed by atoms with Crippen molar-refractivity contribution >= 4 is 5.91 Å². The van der Waals surface area contributed by atoms with E-state index in [2.05, 4.69) is 0 Å². The lowest BCUT2D eigenvalue weighted by molar-refractivity contribution is -0.143. The van der Waals surface area contributed by atoms with Gasteiger partial charge in [0.15, 0.2) is 6.10 Å². The van der Waals surface area contributed by atoms with E-state index in [-0.39, 0.29) is 12.5 Å². The Labute approximate surface area is 101 Å². The van der Waals surface area contributed by atoms with Gasteiger partial charge < -0.3 is 14.7 Å². The molecule has 0 saturated carbocycles. The summed E-state index contributed by atoms with van der Waals surface area (Å²) in [5.41, 5.74) is 1.10. The van der Waals surface area contributed by atoms with Gasteiger partial charge in [-0.25, -0.2) is 0 Å². The van der Waals surface area contributed by atoms with E-state index in [0.717, 1.165) is 12.0 Å². The molecule has 1 aromatic carbocycles. The van der Waals surface area contributed by atoms with Crippen LogP contribution in [0.4, 0.5) is 0 Å². The summed E-state index contributed by atoms with van der Waals surface area (Å²) >= 11 is 0. The van der Waals surface area contributed by atoms with Crippen LogP contribution in [0.15, 0.2) is 30.3 Å². The van der Waals surface area contributed by atoms with E-state index in [0.29, 0.717) is 19.7 Å². The predicted octanol–water partition coefficient (Wildman–Crippen LogP) is 0.796. The van der Waals surface area contributed by atoms with E-state index < -0.39 is 6.10 Å². The lowest BCUT2D eigenvalue weighted by Crippen LogP contribution is -2.39. The molecule has 1 aliphatic rings. The molecule has 1 fully saturated rings. The second-order valence-electron chi connectivity index (χ2n) is 4.14. The molecule has 0 bridgehead atoms. The van der Waals surface area contributed by atoms with Crippen LogP contribution in [-0.4, -0.2) is 41.8 Å². The molecule has 0 aliphatic carbocycles. The fourth-order valence-electron chi connectivity index (χ4n) is 1.96. The molecule has 1 heterocycles. The molecule has 1 aliphatic heterocycles. The zero-order valence-electron chi connectivity index (χ0n) is 9.71. The van der Waals surface area contributed by atoms with E-state index in [1.807, 2.05) is 30.3 Å². The molecule has 2 rings (SSSR count). The summed E-state index contributed by atoms with van der Waals surface area (Å²) in [4.78, 5) is 13.8. The van der Waals surface area contributed by atoms with Crippen LogP contribution in [0.5, 0.6) is 0 Å². The minimum Gasteiger partial charge on any atom is -0.393 e. The second-order valence-corrected chi connectivity index (χ2v) is 4.14. The third-order valence-electron chi connectivity index (χ3n) is 2.86. The Kier molecular flexibility index (Phi) is 4.12. The van der Waals surface area contributed by atoms with Crippen LogP contribution in [0.25, 0.3) is 0 Å². The molecule has 92 valence electrons. The van der Waals surface area contributed by atoms with Gasteiger partial charge in [0.25, 0.3) is 5.91 Å². The maximum absolute atomic E-state index is 12.0. The van der Waals surface area contributed by atoms with Crippen molar-refractivity contribution in [2.75, 3.05) is 19.8 Å². The van der Waals surface area contributed by atoms with Crippen LogP contribution in [0.3, 0.4) is 0 Å². The van der Waals surface area contributed by atoms with Crippen LogP contribution in [-0.2, 0) is 16.1 Å². The van der Waals surface area contributed by atoms with Gasteiger partial charge in [0.2, 0.25) is 0 Å². The second kappa shape index (κ2) is 5.80. The van der Waals surface area contributed by atoms with E-state index in [1.165, 1.54) is 0 Å². The molecule has 0 aromatic heterocycles. The molecule has 4 nitrogen and oxygen atoms in total. The maximum Gasteiger partial charge on any atom is 0.254 e. The first-order chi connectivity index (χ1) is 8.31. The van der Waals surface area contributed by atoms with E-state index >= 15 is 0 Å². The highest BCUT2D eigenvalue weighted by Crippen LogP contribution is 2.11. The minimum absolute atomic E-state index is 0.117. The maximum atomic E-state index is 12.0. The third kappa shape index (κ3) is 3.05. The Morgan fingerprint density at radius 2 is 2.12 bits per heavy atom. The summed E-state index contributed by atoms with van der Waals surface area (Å²) in [5.74, 6) is -0.117. The average Bonchev–Trinajstić information content (AvgIpc) is 2.54. The summed E-state index contributed by atoms with van der Waals surface area (Å²) < 4.78 is 5.29. The average molecular weight is 235 g/mol. The molecule has 0 radical (unpaired) electrons. The van der Waals surface area contributed by atoms with Crippen molar-refractivity contribution in [3.63, 3.8) is 0 Å². The zero-order chi connectivity index (χ0) is 12.1. The smallest absolute Gasteiger partial charge is 0.254 e. The van der Waals surface area contributed by atoms with Crippen LogP contribution < -0.4 is 0 Å². The molecular weight excluding hydrogens is 218 g/mol. The van der Waals surface area contributed by atoms with Gasteiger partial charge in [-0.1, -0.05) is 30.3 Å². The molecule has 17 heavy (non-hydrogen) atoms. The van der Waals surface area contributed by atoms with Crippen molar-refractivity contribution in [1.82, 2.24) is 4.90 Å². The number of carbonyl (C=O) groups excluding carboxylic acids is 1.